The number of alkyl halides is 3. The van der Waals surface area contributed by atoms with Crippen molar-refractivity contribution in [2.45, 2.75) is 32.0 Å². The molecule has 1 aliphatic carbocycles. The Kier molecular flexibility index (Phi) is 4.51. The fourth-order valence-electron chi connectivity index (χ4n) is 2.81. The zero-order valence-corrected chi connectivity index (χ0v) is 13.4. The minimum absolute atomic E-state index is 0.140. The van der Waals surface area contributed by atoms with Crippen LogP contribution >= 0.6 is 0 Å². The first-order chi connectivity index (χ1) is 11.8. The number of nitrogens with zero attached hydrogens (tertiary/aromatic N) is 3. The Morgan fingerprint density at radius 2 is 1.96 bits per heavy atom. The maximum Gasteiger partial charge on any atom is 0.416 e. The molecule has 3 rings (SSSR count). The van der Waals surface area contributed by atoms with Gasteiger partial charge in [-0.2, -0.15) is 13.2 Å². The number of phenolic OH excluding ortho intramolecular Hbond substituents is 1. The predicted octanol–water partition coefficient (Wildman–Crippen LogP) is 2.75. The maximum absolute atomic E-state index is 12.7. The first-order valence-electron chi connectivity index (χ1n) is 7.77. The van der Waals surface area contributed by atoms with Crippen LogP contribution in [0.1, 0.15) is 24.1 Å². The van der Waals surface area contributed by atoms with Gasteiger partial charge in [-0.3, -0.25) is 0 Å². The van der Waals surface area contributed by atoms with Crippen LogP contribution in [0.5, 0.6) is 5.75 Å². The predicted molar refractivity (Wildman–Crippen MR) is 83.9 cm³/mol. The van der Waals surface area contributed by atoms with Crippen LogP contribution in [-0.4, -0.2) is 38.0 Å². The van der Waals surface area contributed by atoms with Crippen molar-refractivity contribution in [3.63, 3.8) is 0 Å². The number of benzene rings is 1. The van der Waals surface area contributed by atoms with Gasteiger partial charge in [-0.15, -0.1) is 10.2 Å². The zero-order valence-electron chi connectivity index (χ0n) is 13.4. The van der Waals surface area contributed by atoms with Crippen LogP contribution in [0.2, 0.25) is 0 Å². The molecule has 0 saturated heterocycles. The van der Waals surface area contributed by atoms with Gasteiger partial charge in [0.25, 0.3) is 0 Å². The Balaban J connectivity index is 1.79. The third-order valence-corrected chi connectivity index (χ3v) is 4.27. The Morgan fingerprint density at radius 3 is 2.52 bits per heavy atom. The summed E-state index contributed by atoms with van der Waals surface area (Å²) >= 11 is 0. The summed E-state index contributed by atoms with van der Waals surface area (Å²) in [4.78, 5) is 4.25. The van der Waals surface area contributed by atoms with E-state index in [1.165, 1.54) is 0 Å². The molecule has 134 valence electrons. The summed E-state index contributed by atoms with van der Waals surface area (Å²) in [6.45, 7) is 1.80. The van der Waals surface area contributed by atoms with Gasteiger partial charge < -0.3 is 15.5 Å². The number of nitrogens with one attached hydrogen (secondary N) is 1. The summed E-state index contributed by atoms with van der Waals surface area (Å²) < 4.78 is 38.0. The number of halogens is 3. The molecule has 6 nitrogen and oxygen atoms in total. The number of hydrogen-bond acceptors (Lipinski definition) is 6. The first-order valence-corrected chi connectivity index (χ1v) is 7.77. The molecule has 1 aromatic heterocycles. The minimum atomic E-state index is -4.53. The van der Waals surface area contributed by atoms with Crippen LogP contribution in [0.25, 0.3) is 11.3 Å². The lowest BCUT2D eigenvalue weighted by Gasteiger charge is -2.34. The second-order valence-electron chi connectivity index (χ2n) is 6.16. The highest BCUT2D eigenvalue weighted by molar-refractivity contribution is 5.69. The van der Waals surface area contributed by atoms with Gasteiger partial charge in [-0.25, -0.2) is 4.98 Å². The second-order valence-corrected chi connectivity index (χ2v) is 6.16. The molecule has 0 radical (unpaired) electrons. The fourth-order valence-corrected chi connectivity index (χ4v) is 2.81. The number of anilines is 1. The molecule has 0 aliphatic heterocycles. The fraction of sp³-hybridized carbons (Fsp3) is 0.438. The van der Waals surface area contributed by atoms with Crippen LogP contribution in [0, 0.1) is 12.8 Å². The van der Waals surface area contributed by atoms with Gasteiger partial charge in [0.1, 0.15) is 11.4 Å². The Morgan fingerprint density at radius 1 is 1.24 bits per heavy atom. The Hall–Kier alpha value is -2.42. The largest absolute Gasteiger partial charge is 0.507 e. The first kappa shape index (κ1) is 17.4. The van der Waals surface area contributed by atoms with E-state index < -0.39 is 17.5 Å². The highest BCUT2D eigenvalue weighted by Gasteiger charge is 2.32. The molecule has 25 heavy (non-hydrogen) atoms. The van der Waals surface area contributed by atoms with Crippen molar-refractivity contribution in [3.8, 4) is 17.0 Å². The smallest absolute Gasteiger partial charge is 0.416 e. The number of phenols is 1. The van der Waals surface area contributed by atoms with Gasteiger partial charge >= 0.3 is 6.18 Å². The van der Waals surface area contributed by atoms with Crippen molar-refractivity contribution in [3.05, 3.63) is 29.5 Å². The summed E-state index contributed by atoms with van der Waals surface area (Å²) in [6.07, 6.45) is -2.89. The summed E-state index contributed by atoms with van der Waals surface area (Å²) in [5, 5.41) is 29.9. The van der Waals surface area contributed by atoms with Crippen LogP contribution < -0.4 is 5.32 Å². The molecule has 1 heterocycles. The van der Waals surface area contributed by atoms with Crippen LogP contribution in [0.3, 0.4) is 0 Å². The number of rotatable bonds is 4. The number of aromatic nitrogens is 3. The molecule has 1 fully saturated rings. The van der Waals surface area contributed by atoms with E-state index in [2.05, 4.69) is 20.5 Å². The van der Waals surface area contributed by atoms with Crippen molar-refractivity contribution < 1.29 is 23.4 Å². The highest BCUT2D eigenvalue weighted by Crippen LogP contribution is 2.36. The molecule has 1 aliphatic rings. The van der Waals surface area contributed by atoms with Gasteiger partial charge in [0.15, 0.2) is 0 Å². The van der Waals surface area contributed by atoms with Gasteiger partial charge in [-0.05, 0) is 43.9 Å². The molecule has 9 heteroatoms. The van der Waals surface area contributed by atoms with Crippen LogP contribution in [-0.2, 0) is 6.18 Å². The lowest BCUT2D eigenvalue weighted by molar-refractivity contribution is -0.137. The minimum Gasteiger partial charge on any atom is -0.507 e. The summed E-state index contributed by atoms with van der Waals surface area (Å²) in [6, 6.07) is 2.86. The summed E-state index contributed by atoms with van der Waals surface area (Å²) in [5.74, 6) is 0.0727. The quantitative estimate of drug-likeness (QED) is 0.782. The number of aryl methyl sites for hydroxylation is 1. The van der Waals surface area contributed by atoms with E-state index in [9.17, 15) is 18.3 Å². The van der Waals surface area contributed by atoms with Crippen LogP contribution in [0.15, 0.2) is 18.2 Å². The Bertz CT molecular complexity index is 776. The van der Waals surface area contributed by atoms with E-state index in [1.54, 1.807) is 6.92 Å². The third-order valence-electron chi connectivity index (χ3n) is 4.27. The molecule has 0 amide bonds. The molecule has 3 N–H and O–H groups in total. The number of aliphatic hydroxyl groups excluding tert-OH is 1. The van der Waals surface area contributed by atoms with Crippen molar-refractivity contribution >= 4 is 5.95 Å². The highest BCUT2D eigenvalue weighted by atomic mass is 19.4. The van der Waals surface area contributed by atoms with E-state index in [0.717, 1.165) is 25.0 Å². The van der Waals surface area contributed by atoms with E-state index in [-0.39, 0.29) is 29.8 Å². The zero-order chi connectivity index (χ0) is 18.2. The average Bonchev–Trinajstić information content (AvgIpc) is 2.50. The Labute approximate surface area is 141 Å². The molecule has 0 spiro atoms. The molecular weight excluding hydrogens is 337 g/mol. The number of aliphatic hydroxyl groups is 1. The maximum atomic E-state index is 12.7. The van der Waals surface area contributed by atoms with Crippen molar-refractivity contribution in [2.75, 3.05) is 11.9 Å². The normalized spacial score (nSPS) is 20.2. The van der Waals surface area contributed by atoms with E-state index in [1.807, 2.05) is 0 Å². The van der Waals surface area contributed by atoms with Crippen molar-refractivity contribution in [1.29, 1.82) is 0 Å². The van der Waals surface area contributed by atoms with E-state index in [4.69, 9.17) is 5.11 Å². The van der Waals surface area contributed by atoms with Crippen molar-refractivity contribution in [2.24, 2.45) is 5.92 Å². The number of aromatic hydroxyl groups is 1. The summed E-state index contributed by atoms with van der Waals surface area (Å²) in [5.41, 5.74) is -0.140. The van der Waals surface area contributed by atoms with Crippen molar-refractivity contribution in [1.82, 2.24) is 15.2 Å². The third kappa shape index (κ3) is 3.65. The molecule has 0 unspecified atom stereocenters. The molecule has 1 aromatic carbocycles. The van der Waals surface area contributed by atoms with Gasteiger partial charge in [-0.1, -0.05) is 0 Å². The van der Waals surface area contributed by atoms with E-state index >= 15 is 0 Å². The van der Waals surface area contributed by atoms with Gasteiger partial charge in [0.2, 0.25) is 5.95 Å². The van der Waals surface area contributed by atoms with Crippen LogP contribution in [0.4, 0.5) is 19.1 Å². The average molecular weight is 354 g/mol. The lowest BCUT2D eigenvalue weighted by atomic mass is 9.81. The van der Waals surface area contributed by atoms with E-state index in [0.29, 0.717) is 17.7 Å². The SMILES string of the molecule is Cc1nc(N[C@H]2C[C@@H](CO)C2)nnc1-c1ccc(C(F)(F)F)cc1O. The molecule has 0 bridgehead atoms. The molecule has 0 atom stereocenters. The van der Waals surface area contributed by atoms with Gasteiger partial charge in [0.05, 0.1) is 11.3 Å². The topological polar surface area (TPSA) is 91.2 Å². The molecule has 1 saturated carbocycles. The van der Waals surface area contributed by atoms with Gasteiger partial charge in [0, 0.05) is 18.2 Å². The lowest BCUT2D eigenvalue weighted by Crippen LogP contribution is -2.37. The summed E-state index contributed by atoms with van der Waals surface area (Å²) in [7, 11) is 0. The molecular formula is C16H17F3N4O2. The standard InChI is InChI=1S/C16H17F3N4O2/c1-8-14(12-3-2-10(6-13(12)25)16(17,18)19)22-23-15(20-8)21-11-4-9(5-11)7-24/h2-3,6,9,11,24-25H,4-5,7H2,1H3,(H,20,21,23)/t9-,11+. The number of hydrogen-bond donors (Lipinski definition) is 3. The monoisotopic (exact) mass is 354 g/mol. The second kappa shape index (κ2) is 6.47. The molecule has 2 aromatic rings.